The Morgan fingerprint density at radius 3 is 2.74 bits per heavy atom. The first-order chi connectivity index (χ1) is 9.04. The van der Waals surface area contributed by atoms with Gasteiger partial charge in [-0.15, -0.1) is 0 Å². The summed E-state index contributed by atoms with van der Waals surface area (Å²) < 4.78 is 1.20. The molecule has 0 bridgehead atoms. The van der Waals surface area contributed by atoms with Crippen molar-refractivity contribution in [3.63, 3.8) is 0 Å². The molecule has 2 N–H and O–H groups in total. The lowest BCUT2D eigenvalue weighted by molar-refractivity contribution is -0.897. The number of carbonyl (C=O) groups excluding carboxylic acids is 1. The van der Waals surface area contributed by atoms with Crippen LogP contribution >= 0.6 is 22.6 Å². The first kappa shape index (κ1) is 14.8. The van der Waals surface area contributed by atoms with Crippen molar-refractivity contribution in [3.8, 4) is 0 Å². The van der Waals surface area contributed by atoms with Gasteiger partial charge in [-0.05, 0) is 72.0 Å². The summed E-state index contributed by atoms with van der Waals surface area (Å²) in [4.78, 5) is 13.5. The van der Waals surface area contributed by atoms with Crippen LogP contribution in [0.15, 0.2) is 18.2 Å². The van der Waals surface area contributed by atoms with E-state index in [2.05, 4.69) is 40.9 Å². The molecule has 1 aromatic carbocycles. The van der Waals surface area contributed by atoms with Crippen LogP contribution in [0.1, 0.15) is 25.3 Å². The van der Waals surface area contributed by atoms with E-state index in [1.165, 1.54) is 21.3 Å². The molecule has 0 atom stereocenters. The minimum absolute atomic E-state index is 0.133. The van der Waals surface area contributed by atoms with Crippen LogP contribution in [-0.4, -0.2) is 25.5 Å². The Hall–Kier alpha value is -0.620. The predicted molar refractivity (Wildman–Crippen MR) is 86.5 cm³/mol. The summed E-state index contributed by atoms with van der Waals surface area (Å²) in [5, 5.41) is 3.03. The maximum atomic E-state index is 12.1. The van der Waals surface area contributed by atoms with Crippen molar-refractivity contribution < 1.29 is 9.69 Å². The number of hydrogen-bond donors (Lipinski definition) is 2. The molecule has 104 valence electrons. The van der Waals surface area contributed by atoms with Gasteiger partial charge in [0.05, 0.1) is 13.1 Å². The topological polar surface area (TPSA) is 33.5 Å². The average Bonchev–Trinajstić information content (AvgIpc) is 2.36. The van der Waals surface area contributed by atoms with Gasteiger partial charge >= 0.3 is 0 Å². The number of likely N-dealkylation sites (tertiary alicyclic amines) is 1. The van der Waals surface area contributed by atoms with Crippen molar-refractivity contribution in [2.45, 2.75) is 26.7 Å². The molecule has 3 nitrogen and oxygen atoms in total. The van der Waals surface area contributed by atoms with E-state index in [1.54, 1.807) is 0 Å². The van der Waals surface area contributed by atoms with Gasteiger partial charge in [0.2, 0.25) is 0 Å². The quantitative estimate of drug-likeness (QED) is 0.780. The molecule has 1 fully saturated rings. The Labute approximate surface area is 128 Å². The average molecular weight is 373 g/mol. The highest BCUT2D eigenvalue weighted by Crippen LogP contribution is 2.17. The fraction of sp³-hybridized carbons (Fsp3) is 0.533. The number of anilines is 1. The molecule has 19 heavy (non-hydrogen) atoms. The molecule has 1 amide bonds. The van der Waals surface area contributed by atoms with Crippen molar-refractivity contribution in [1.82, 2.24) is 0 Å². The van der Waals surface area contributed by atoms with Crippen LogP contribution in [0.4, 0.5) is 5.69 Å². The van der Waals surface area contributed by atoms with Gasteiger partial charge in [-0.2, -0.15) is 0 Å². The van der Waals surface area contributed by atoms with E-state index in [1.807, 2.05) is 19.1 Å². The number of rotatable bonds is 3. The molecule has 0 radical (unpaired) electrons. The number of quaternary nitrogens is 1. The summed E-state index contributed by atoms with van der Waals surface area (Å²) in [5.41, 5.74) is 2.07. The molecule has 1 aliphatic rings. The van der Waals surface area contributed by atoms with E-state index in [0.717, 1.165) is 30.3 Å². The van der Waals surface area contributed by atoms with Gasteiger partial charge in [-0.25, -0.2) is 0 Å². The number of benzene rings is 1. The second kappa shape index (κ2) is 6.70. The normalized spacial score (nSPS) is 23.1. The van der Waals surface area contributed by atoms with Crippen LogP contribution in [0.25, 0.3) is 0 Å². The smallest absolute Gasteiger partial charge is 0.279 e. The largest absolute Gasteiger partial charge is 0.327 e. The number of amides is 1. The summed E-state index contributed by atoms with van der Waals surface area (Å²) in [6, 6.07) is 6.10. The Kier molecular flexibility index (Phi) is 5.21. The van der Waals surface area contributed by atoms with Gasteiger partial charge < -0.3 is 10.2 Å². The molecule has 4 heteroatoms. The van der Waals surface area contributed by atoms with Crippen molar-refractivity contribution in [3.05, 3.63) is 27.3 Å². The molecular weight excluding hydrogens is 351 g/mol. The van der Waals surface area contributed by atoms with Gasteiger partial charge in [0.1, 0.15) is 0 Å². The third kappa shape index (κ3) is 4.45. The Bertz CT molecular complexity index is 453. The Morgan fingerprint density at radius 1 is 1.42 bits per heavy atom. The molecule has 0 spiro atoms. The maximum Gasteiger partial charge on any atom is 0.279 e. The summed E-state index contributed by atoms with van der Waals surface area (Å²) in [7, 11) is 0. The standard InChI is InChI=1S/C15H21IN2O/c1-11-5-7-18(8-6-11)10-15(19)17-14-4-3-13(16)9-12(14)2/h3-4,9,11H,5-8,10H2,1-2H3,(H,17,19)/p+1. The van der Waals surface area contributed by atoms with Crippen LogP contribution in [0.2, 0.25) is 0 Å². The molecule has 0 unspecified atom stereocenters. The summed E-state index contributed by atoms with van der Waals surface area (Å²) in [6.45, 7) is 7.18. The van der Waals surface area contributed by atoms with Crippen LogP contribution in [0.3, 0.4) is 0 Å². The Morgan fingerprint density at radius 2 is 2.11 bits per heavy atom. The Balaban J connectivity index is 1.87. The van der Waals surface area contributed by atoms with E-state index in [0.29, 0.717) is 6.54 Å². The number of piperidine rings is 1. The summed E-state index contributed by atoms with van der Waals surface area (Å²) in [5.74, 6) is 0.958. The van der Waals surface area contributed by atoms with Gasteiger partial charge in [0.15, 0.2) is 6.54 Å². The SMILES string of the molecule is Cc1cc(I)ccc1NC(=O)C[NH+]1CCC(C)CC1. The first-order valence-electron chi connectivity index (χ1n) is 6.94. The zero-order valence-electron chi connectivity index (χ0n) is 11.6. The molecule has 1 aromatic rings. The monoisotopic (exact) mass is 373 g/mol. The molecule has 1 heterocycles. The lowest BCUT2D eigenvalue weighted by atomic mass is 9.99. The van der Waals surface area contributed by atoms with Gasteiger partial charge in [-0.3, -0.25) is 4.79 Å². The molecule has 0 aromatic heterocycles. The van der Waals surface area contributed by atoms with Gasteiger partial charge in [-0.1, -0.05) is 6.92 Å². The number of halogens is 1. The molecule has 0 saturated carbocycles. The highest BCUT2D eigenvalue weighted by molar-refractivity contribution is 14.1. The maximum absolute atomic E-state index is 12.1. The highest BCUT2D eigenvalue weighted by atomic mass is 127. The van der Waals surface area contributed by atoms with Crippen LogP contribution in [0, 0.1) is 16.4 Å². The van der Waals surface area contributed by atoms with E-state index >= 15 is 0 Å². The lowest BCUT2D eigenvalue weighted by Gasteiger charge is -2.26. The van der Waals surface area contributed by atoms with E-state index < -0.39 is 0 Å². The fourth-order valence-corrected chi connectivity index (χ4v) is 3.18. The molecule has 1 saturated heterocycles. The van der Waals surface area contributed by atoms with Gasteiger partial charge in [0, 0.05) is 9.26 Å². The second-order valence-corrected chi connectivity index (χ2v) is 6.86. The zero-order valence-corrected chi connectivity index (χ0v) is 13.8. The van der Waals surface area contributed by atoms with Crippen molar-refractivity contribution in [2.24, 2.45) is 5.92 Å². The highest BCUT2D eigenvalue weighted by Gasteiger charge is 2.21. The zero-order chi connectivity index (χ0) is 13.8. The van der Waals surface area contributed by atoms with E-state index in [-0.39, 0.29) is 5.91 Å². The number of aryl methyl sites for hydroxylation is 1. The number of hydrogen-bond acceptors (Lipinski definition) is 1. The summed E-state index contributed by atoms with van der Waals surface area (Å²) >= 11 is 2.29. The molecule has 1 aliphatic heterocycles. The van der Waals surface area contributed by atoms with Crippen molar-refractivity contribution in [1.29, 1.82) is 0 Å². The minimum atomic E-state index is 0.133. The molecule has 0 aliphatic carbocycles. The van der Waals surface area contributed by atoms with Crippen LogP contribution in [0.5, 0.6) is 0 Å². The minimum Gasteiger partial charge on any atom is -0.327 e. The van der Waals surface area contributed by atoms with Crippen molar-refractivity contribution in [2.75, 3.05) is 25.0 Å². The third-order valence-corrected chi connectivity index (χ3v) is 4.53. The van der Waals surface area contributed by atoms with E-state index in [9.17, 15) is 4.79 Å². The molecular formula is C15H22IN2O+. The van der Waals surface area contributed by atoms with Gasteiger partial charge in [0.25, 0.3) is 5.91 Å². The number of nitrogens with one attached hydrogen (secondary N) is 2. The fourth-order valence-electron chi connectivity index (χ4n) is 2.54. The van der Waals surface area contributed by atoms with Crippen LogP contribution in [-0.2, 0) is 4.79 Å². The van der Waals surface area contributed by atoms with Crippen molar-refractivity contribution >= 4 is 34.2 Å². The third-order valence-electron chi connectivity index (χ3n) is 3.85. The lowest BCUT2D eigenvalue weighted by Crippen LogP contribution is -3.14. The predicted octanol–water partition coefficient (Wildman–Crippen LogP) is 1.85. The van der Waals surface area contributed by atoms with E-state index in [4.69, 9.17) is 0 Å². The second-order valence-electron chi connectivity index (χ2n) is 5.62. The van der Waals surface area contributed by atoms with Crippen LogP contribution < -0.4 is 10.2 Å². The first-order valence-corrected chi connectivity index (χ1v) is 8.02. The molecule has 2 rings (SSSR count). The summed E-state index contributed by atoms with van der Waals surface area (Å²) in [6.07, 6.45) is 2.48. The number of carbonyl (C=O) groups is 1.